The van der Waals surface area contributed by atoms with E-state index in [1.807, 2.05) is 44.2 Å². The van der Waals surface area contributed by atoms with Crippen LogP contribution in [-0.4, -0.2) is 35.9 Å². The van der Waals surface area contributed by atoms with Gasteiger partial charge in [-0.25, -0.2) is 0 Å². The quantitative estimate of drug-likeness (QED) is 0.456. The molecule has 168 valence electrons. The molecule has 0 saturated carbocycles. The maximum atomic E-state index is 13.1. The van der Waals surface area contributed by atoms with E-state index in [4.69, 9.17) is 27.9 Å². The number of halogens is 2. The molecule has 0 aliphatic carbocycles. The van der Waals surface area contributed by atoms with Crippen molar-refractivity contribution in [2.24, 2.45) is 5.92 Å². The molecule has 2 aromatic carbocycles. The molecule has 0 fully saturated rings. The zero-order chi connectivity index (χ0) is 22.8. The van der Waals surface area contributed by atoms with E-state index in [1.54, 1.807) is 25.1 Å². The number of nitrogens with one attached hydrogen (secondary N) is 1. The second-order valence-corrected chi connectivity index (χ2v) is 8.62. The van der Waals surface area contributed by atoms with Crippen molar-refractivity contribution in [3.8, 4) is 5.75 Å². The molecule has 0 aliphatic rings. The third-order valence-corrected chi connectivity index (χ3v) is 5.50. The minimum Gasteiger partial charge on any atom is -0.494 e. The molecule has 2 rings (SSSR count). The number of carbonyl (C=O) groups excluding carboxylic acids is 2. The molecule has 0 aromatic heterocycles. The van der Waals surface area contributed by atoms with Crippen LogP contribution in [0.25, 0.3) is 0 Å². The topological polar surface area (TPSA) is 58.6 Å². The molecule has 0 spiro atoms. The molecule has 5 nitrogen and oxygen atoms in total. The third kappa shape index (κ3) is 8.08. The van der Waals surface area contributed by atoms with E-state index in [9.17, 15) is 9.59 Å². The van der Waals surface area contributed by atoms with Gasteiger partial charge in [0.1, 0.15) is 11.8 Å². The molecule has 0 saturated heterocycles. The average Bonchev–Trinajstić information content (AvgIpc) is 2.75. The standard InChI is InChI=1S/C24H30Cl2N2O3/c1-17(2)15-27-24(30)18(3)28(16-20-21(25)11-7-12-22(20)26)23(29)13-8-14-31-19-9-5-4-6-10-19/h4-7,9-12,17-18H,8,13-16H2,1-3H3,(H,27,30)/t18-/m0/s1. The summed E-state index contributed by atoms with van der Waals surface area (Å²) in [6.45, 7) is 6.87. The molecule has 1 atom stereocenters. The number of amides is 2. The number of ether oxygens (including phenoxy) is 1. The molecule has 0 bridgehead atoms. The Morgan fingerprint density at radius 2 is 1.65 bits per heavy atom. The van der Waals surface area contributed by atoms with Gasteiger partial charge in [-0.05, 0) is 43.5 Å². The summed E-state index contributed by atoms with van der Waals surface area (Å²) in [7, 11) is 0. The van der Waals surface area contributed by atoms with E-state index in [0.29, 0.717) is 41.1 Å². The summed E-state index contributed by atoms with van der Waals surface area (Å²) in [4.78, 5) is 27.3. The largest absolute Gasteiger partial charge is 0.494 e. The van der Waals surface area contributed by atoms with E-state index in [0.717, 1.165) is 5.75 Å². The Kier molecular flexibility index (Phi) is 10.2. The zero-order valence-electron chi connectivity index (χ0n) is 18.2. The number of nitrogens with zero attached hydrogens (tertiary/aromatic N) is 1. The summed E-state index contributed by atoms with van der Waals surface area (Å²) in [5.74, 6) is 0.718. The van der Waals surface area contributed by atoms with Gasteiger partial charge in [-0.3, -0.25) is 9.59 Å². The molecule has 2 aromatic rings. The average molecular weight is 465 g/mol. The summed E-state index contributed by atoms with van der Waals surface area (Å²) >= 11 is 12.6. The van der Waals surface area contributed by atoms with Crippen molar-refractivity contribution in [1.29, 1.82) is 0 Å². The summed E-state index contributed by atoms with van der Waals surface area (Å²) in [6.07, 6.45) is 0.775. The van der Waals surface area contributed by atoms with Gasteiger partial charge in [0.15, 0.2) is 0 Å². The minimum absolute atomic E-state index is 0.153. The van der Waals surface area contributed by atoms with Crippen LogP contribution in [0.1, 0.15) is 39.2 Å². The summed E-state index contributed by atoms with van der Waals surface area (Å²) in [5, 5.41) is 3.83. The van der Waals surface area contributed by atoms with Crippen LogP contribution in [0, 0.1) is 5.92 Å². The number of carbonyl (C=O) groups is 2. The van der Waals surface area contributed by atoms with Crippen molar-refractivity contribution in [1.82, 2.24) is 10.2 Å². The highest BCUT2D eigenvalue weighted by molar-refractivity contribution is 6.36. The molecule has 0 heterocycles. The Bertz CT molecular complexity index is 839. The van der Waals surface area contributed by atoms with E-state index in [-0.39, 0.29) is 24.8 Å². The number of rotatable bonds is 11. The molecular formula is C24H30Cl2N2O3. The highest BCUT2D eigenvalue weighted by atomic mass is 35.5. The molecule has 31 heavy (non-hydrogen) atoms. The minimum atomic E-state index is -0.659. The van der Waals surface area contributed by atoms with Crippen molar-refractivity contribution in [3.05, 3.63) is 64.1 Å². The fourth-order valence-corrected chi connectivity index (χ4v) is 3.48. The maximum absolute atomic E-state index is 13.1. The predicted octanol–water partition coefficient (Wildman–Crippen LogP) is 5.34. The lowest BCUT2D eigenvalue weighted by Gasteiger charge is -2.29. The fraction of sp³-hybridized carbons (Fsp3) is 0.417. The predicted molar refractivity (Wildman–Crippen MR) is 125 cm³/mol. The van der Waals surface area contributed by atoms with Gasteiger partial charge in [0.05, 0.1) is 6.61 Å². The van der Waals surface area contributed by atoms with Crippen molar-refractivity contribution >= 4 is 35.0 Å². The fourth-order valence-electron chi connectivity index (χ4n) is 2.96. The third-order valence-electron chi connectivity index (χ3n) is 4.79. The smallest absolute Gasteiger partial charge is 0.242 e. The van der Waals surface area contributed by atoms with Crippen molar-refractivity contribution in [3.63, 3.8) is 0 Å². The van der Waals surface area contributed by atoms with Crippen LogP contribution in [-0.2, 0) is 16.1 Å². The van der Waals surface area contributed by atoms with Gasteiger partial charge < -0.3 is 15.0 Å². The van der Waals surface area contributed by atoms with Gasteiger partial charge in [0.25, 0.3) is 0 Å². The van der Waals surface area contributed by atoms with Crippen LogP contribution in [0.4, 0.5) is 0 Å². The van der Waals surface area contributed by atoms with Gasteiger partial charge >= 0.3 is 0 Å². The van der Waals surface area contributed by atoms with Gasteiger partial charge in [-0.15, -0.1) is 0 Å². The van der Waals surface area contributed by atoms with Crippen LogP contribution >= 0.6 is 23.2 Å². The normalized spacial score (nSPS) is 11.8. The first-order chi connectivity index (χ1) is 14.8. The highest BCUT2D eigenvalue weighted by Gasteiger charge is 2.27. The second kappa shape index (κ2) is 12.6. The Balaban J connectivity index is 2.06. The van der Waals surface area contributed by atoms with E-state index < -0.39 is 6.04 Å². The van der Waals surface area contributed by atoms with Crippen LogP contribution in [0.5, 0.6) is 5.75 Å². The lowest BCUT2D eigenvalue weighted by Crippen LogP contribution is -2.48. The first kappa shape index (κ1) is 25.0. The number of hydrogen-bond donors (Lipinski definition) is 1. The second-order valence-electron chi connectivity index (χ2n) is 7.80. The van der Waals surface area contributed by atoms with Gasteiger partial charge in [0, 0.05) is 35.1 Å². The van der Waals surface area contributed by atoms with Crippen LogP contribution in [0.2, 0.25) is 10.0 Å². The zero-order valence-corrected chi connectivity index (χ0v) is 19.7. The number of hydrogen-bond acceptors (Lipinski definition) is 3. The van der Waals surface area contributed by atoms with Crippen molar-refractivity contribution in [2.45, 2.75) is 46.2 Å². The Morgan fingerprint density at radius 3 is 2.26 bits per heavy atom. The van der Waals surface area contributed by atoms with Gasteiger partial charge in [-0.2, -0.15) is 0 Å². The van der Waals surface area contributed by atoms with E-state index in [2.05, 4.69) is 5.32 Å². The van der Waals surface area contributed by atoms with Crippen LogP contribution in [0.15, 0.2) is 48.5 Å². The lowest BCUT2D eigenvalue weighted by molar-refractivity contribution is -0.140. The van der Waals surface area contributed by atoms with Crippen molar-refractivity contribution < 1.29 is 14.3 Å². The summed E-state index contributed by atoms with van der Waals surface area (Å²) in [5.41, 5.74) is 0.628. The first-order valence-electron chi connectivity index (χ1n) is 10.5. The van der Waals surface area contributed by atoms with Crippen LogP contribution in [0.3, 0.4) is 0 Å². The summed E-state index contributed by atoms with van der Waals surface area (Å²) in [6, 6.07) is 14.0. The highest BCUT2D eigenvalue weighted by Crippen LogP contribution is 2.27. The maximum Gasteiger partial charge on any atom is 0.242 e. The summed E-state index contributed by atoms with van der Waals surface area (Å²) < 4.78 is 5.67. The number of para-hydroxylation sites is 1. The Labute approximate surface area is 194 Å². The molecule has 2 amide bonds. The van der Waals surface area contributed by atoms with Gasteiger partial charge in [-0.1, -0.05) is 61.3 Å². The van der Waals surface area contributed by atoms with Gasteiger partial charge in [0.2, 0.25) is 11.8 Å². The first-order valence-corrected chi connectivity index (χ1v) is 11.2. The van der Waals surface area contributed by atoms with E-state index in [1.165, 1.54) is 4.90 Å². The SMILES string of the molecule is CC(C)CNC(=O)[C@H](C)N(Cc1c(Cl)cccc1Cl)C(=O)CCCOc1ccccc1. The van der Waals surface area contributed by atoms with E-state index >= 15 is 0 Å². The lowest BCUT2D eigenvalue weighted by atomic mass is 10.1. The van der Waals surface area contributed by atoms with Crippen molar-refractivity contribution in [2.75, 3.05) is 13.2 Å². The molecular weight excluding hydrogens is 435 g/mol. The molecule has 0 unspecified atom stereocenters. The molecule has 7 heteroatoms. The molecule has 0 aliphatic heterocycles. The Morgan fingerprint density at radius 1 is 1.00 bits per heavy atom. The monoisotopic (exact) mass is 464 g/mol. The number of benzene rings is 2. The Hall–Kier alpha value is -2.24. The molecule has 0 radical (unpaired) electrons. The van der Waals surface area contributed by atoms with Crippen LogP contribution < -0.4 is 10.1 Å². The molecule has 1 N–H and O–H groups in total.